The lowest BCUT2D eigenvalue weighted by atomic mass is 10.2. The Bertz CT molecular complexity index is 747. The number of aromatic nitrogens is 1. The van der Waals surface area contributed by atoms with Gasteiger partial charge in [0.1, 0.15) is 5.01 Å². The van der Waals surface area contributed by atoms with Gasteiger partial charge in [-0.2, -0.15) is 0 Å². The van der Waals surface area contributed by atoms with E-state index in [-0.39, 0.29) is 25.5 Å². The van der Waals surface area contributed by atoms with E-state index in [0.29, 0.717) is 17.3 Å². The number of rotatable bonds is 4. The number of hydrogen-bond donors (Lipinski definition) is 1. The van der Waals surface area contributed by atoms with E-state index in [1.165, 1.54) is 16.2 Å². The normalized spacial score (nSPS) is 17.7. The highest BCUT2D eigenvalue weighted by Crippen LogP contribution is 2.25. The minimum absolute atomic E-state index is 0.0718. The third kappa shape index (κ3) is 3.92. The largest absolute Gasteiger partial charge is 0.479 e. The summed E-state index contributed by atoms with van der Waals surface area (Å²) in [5.74, 6) is -1.19. The van der Waals surface area contributed by atoms with Crippen LogP contribution in [0.4, 0.5) is 0 Å². The highest BCUT2D eigenvalue weighted by molar-refractivity contribution is 7.13. The van der Waals surface area contributed by atoms with Gasteiger partial charge in [0, 0.05) is 22.5 Å². The predicted molar refractivity (Wildman–Crippen MR) is 90.2 cm³/mol. The van der Waals surface area contributed by atoms with Gasteiger partial charge >= 0.3 is 5.97 Å². The maximum atomic E-state index is 12.4. The van der Waals surface area contributed by atoms with E-state index < -0.39 is 12.1 Å². The summed E-state index contributed by atoms with van der Waals surface area (Å²) in [7, 11) is 0. The molecule has 1 aromatic carbocycles. The monoisotopic (exact) mass is 366 g/mol. The molecule has 0 aliphatic carbocycles. The lowest BCUT2D eigenvalue weighted by Gasteiger charge is -2.30. The summed E-state index contributed by atoms with van der Waals surface area (Å²) < 4.78 is 5.12. The van der Waals surface area contributed by atoms with Gasteiger partial charge < -0.3 is 14.7 Å². The van der Waals surface area contributed by atoms with Crippen molar-refractivity contribution in [2.75, 3.05) is 19.7 Å². The van der Waals surface area contributed by atoms with E-state index in [0.717, 1.165) is 10.6 Å². The molecule has 8 heteroatoms. The van der Waals surface area contributed by atoms with Gasteiger partial charge in [0.2, 0.25) is 5.91 Å². The number of carbonyl (C=O) groups is 2. The molecule has 0 radical (unpaired) electrons. The number of ether oxygens (including phenoxy) is 1. The van der Waals surface area contributed by atoms with Crippen molar-refractivity contribution in [3.8, 4) is 10.6 Å². The van der Waals surface area contributed by atoms with Crippen LogP contribution in [0.25, 0.3) is 10.6 Å². The summed E-state index contributed by atoms with van der Waals surface area (Å²) in [5.41, 5.74) is 1.62. The standard InChI is InChI=1S/C16H15ClN2O4S/c17-11-3-1-10(2-4-11)15-18-12(9-24-15)7-14(20)19-5-6-23-13(8-19)16(21)22/h1-4,9,13H,5-8H2,(H,21,22). The van der Waals surface area contributed by atoms with Crippen molar-refractivity contribution in [2.24, 2.45) is 0 Å². The number of morpholine rings is 1. The molecule has 6 nitrogen and oxygen atoms in total. The molecule has 1 aliphatic rings. The van der Waals surface area contributed by atoms with Crippen LogP contribution in [0.2, 0.25) is 5.02 Å². The van der Waals surface area contributed by atoms with Crippen LogP contribution in [0.3, 0.4) is 0 Å². The van der Waals surface area contributed by atoms with Crippen LogP contribution >= 0.6 is 22.9 Å². The first kappa shape index (κ1) is 16.9. The minimum atomic E-state index is -1.05. The van der Waals surface area contributed by atoms with Gasteiger partial charge in [-0.05, 0) is 12.1 Å². The van der Waals surface area contributed by atoms with E-state index in [9.17, 15) is 9.59 Å². The third-order valence-corrected chi connectivity index (χ3v) is 4.86. The molecule has 2 aromatic rings. The number of carboxylic acids is 1. The van der Waals surface area contributed by atoms with Gasteiger partial charge in [0.15, 0.2) is 6.10 Å². The Labute approximate surface area is 147 Å². The smallest absolute Gasteiger partial charge is 0.334 e. The second kappa shape index (κ2) is 7.29. The summed E-state index contributed by atoms with van der Waals surface area (Å²) in [6, 6.07) is 7.35. The first-order valence-electron chi connectivity index (χ1n) is 7.35. The van der Waals surface area contributed by atoms with E-state index in [1.54, 1.807) is 12.1 Å². The van der Waals surface area contributed by atoms with Crippen molar-refractivity contribution < 1.29 is 19.4 Å². The molecule has 0 spiro atoms. The molecular weight excluding hydrogens is 352 g/mol. The molecule has 1 unspecified atom stereocenters. The number of nitrogens with zero attached hydrogens (tertiary/aromatic N) is 2. The number of thiazole rings is 1. The van der Waals surface area contributed by atoms with Crippen molar-refractivity contribution in [3.05, 3.63) is 40.4 Å². The Balaban J connectivity index is 1.65. The Kier molecular flexibility index (Phi) is 5.13. The zero-order valence-corrected chi connectivity index (χ0v) is 14.2. The highest BCUT2D eigenvalue weighted by Gasteiger charge is 2.29. The van der Waals surface area contributed by atoms with E-state index in [1.807, 2.05) is 17.5 Å². The number of benzene rings is 1. The molecule has 0 bridgehead atoms. The molecule has 1 aromatic heterocycles. The minimum Gasteiger partial charge on any atom is -0.479 e. The fourth-order valence-electron chi connectivity index (χ4n) is 2.41. The number of hydrogen-bond acceptors (Lipinski definition) is 5. The summed E-state index contributed by atoms with van der Waals surface area (Å²) in [6.07, 6.45) is -0.807. The van der Waals surface area contributed by atoms with Gasteiger partial charge in [0.05, 0.1) is 25.3 Å². The quantitative estimate of drug-likeness (QED) is 0.898. The van der Waals surface area contributed by atoms with Gasteiger partial charge in [-0.3, -0.25) is 4.79 Å². The lowest BCUT2D eigenvalue weighted by molar-refractivity contribution is -0.159. The predicted octanol–water partition coefficient (Wildman–Crippen LogP) is 2.32. The number of aliphatic carboxylic acids is 1. The molecule has 1 fully saturated rings. The van der Waals surface area contributed by atoms with Crippen LogP contribution in [0.15, 0.2) is 29.6 Å². The van der Waals surface area contributed by atoms with Crippen molar-refractivity contribution in [1.29, 1.82) is 0 Å². The molecule has 0 saturated carbocycles. The number of carbonyl (C=O) groups excluding carboxylic acids is 1. The zero-order chi connectivity index (χ0) is 17.1. The zero-order valence-electron chi connectivity index (χ0n) is 12.6. The highest BCUT2D eigenvalue weighted by atomic mass is 35.5. The summed E-state index contributed by atoms with van der Waals surface area (Å²) in [4.78, 5) is 29.3. The number of carboxylic acid groups (broad SMARTS) is 1. The molecule has 24 heavy (non-hydrogen) atoms. The second-order valence-electron chi connectivity index (χ2n) is 5.37. The molecule has 1 saturated heterocycles. The van der Waals surface area contributed by atoms with Crippen LogP contribution in [0.1, 0.15) is 5.69 Å². The lowest BCUT2D eigenvalue weighted by Crippen LogP contribution is -2.49. The molecule has 2 heterocycles. The second-order valence-corrected chi connectivity index (χ2v) is 6.66. The van der Waals surface area contributed by atoms with Crippen molar-refractivity contribution in [1.82, 2.24) is 9.88 Å². The van der Waals surface area contributed by atoms with Crippen LogP contribution < -0.4 is 0 Å². The Hall–Kier alpha value is -1.96. The van der Waals surface area contributed by atoms with Crippen molar-refractivity contribution >= 4 is 34.8 Å². The van der Waals surface area contributed by atoms with E-state index >= 15 is 0 Å². The van der Waals surface area contributed by atoms with Gasteiger partial charge in [-0.25, -0.2) is 9.78 Å². The Morgan fingerprint density at radius 2 is 2.12 bits per heavy atom. The first-order chi connectivity index (χ1) is 11.5. The molecule has 1 amide bonds. The van der Waals surface area contributed by atoms with Crippen LogP contribution in [0, 0.1) is 0 Å². The molecule has 3 rings (SSSR count). The van der Waals surface area contributed by atoms with Gasteiger partial charge in [0.25, 0.3) is 0 Å². The van der Waals surface area contributed by atoms with Gasteiger partial charge in [-0.15, -0.1) is 11.3 Å². The fraction of sp³-hybridized carbons (Fsp3) is 0.312. The van der Waals surface area contributed by atoms with Gasteiger partial charge in [-0.1, -0.05) is 23.7 Å². The molecule has 1 aliphatic heterocycles. The van der Waals surface area contributed by atoms with Crippen LogP contribution in [-0.4, -0.2) is 52.7 Å². The summed E-state index contributed by atoms with van der Waals surface area (Å²) in [6.45, 7) is 0.703. The molecular formula is C16H15ClN2O4S. The maximum absolute atomic E-state index is 12.4. The molecule has 1 N–H and O–H groups in total. The number of amides is 1. The average molecular weight is 367 g/mol. The van der Waals surface area contributed by atoms with Crippen molar-refractivity contribution in [2.45, 2.75) is 12.5 Å². The summed E-state index contributed by atoms with van der Waals surface area (Å²) in [5, 5.41) is 12.3. The maximum Gasteiger partial charge on any atom is 0.334 e. The molecule has 126 valence electrons. The fourth-order valence-corrected chi connectivity index (χ4v) is 3.36. The summed E-state index contributed by atoms with van der Waals surface area (Å²) >= 11 is 7.33. The van der Waals surface area contributed by atoms with E-state index in [4.69, 9.17) is 21.4 Å². The van der Waals surface area contributed by atoms with E-state index in [2.05, 4.69) is 4.98 Å². The van der Waals surface area contributed by atoms with Crippen LogP contribution in [0.5, 0.6) is 0 Å². The third-order valence-electron chi connectivity index (χ3n) is 3.67. The van der Waals surface area contributed by atoms with Crippen LogP contribution in [-0.2, 0) is 20.7 Å². The van der Waals surface area contributed by atoms with Crippen molar-refractivity contribution in [3.63, 3.8) is 0 Å². The SMILES string of the molecule is O=C(O)C1CN(C(=O)Cc2csc(-c3ccc(Cl)cc3)n2)CCO1. The average Bonchev–Trinajstić information content (AvgIpc) is 3.04. The molecule has 1 atom stereocenters. The Morgan fingerprint density at radius 1 is 1.38 bits per heavy atom. The number of halogens is 1. The topological polar surface area (TPSA) is 79.7 Å². The Morgan fingerprint density at radius 3 is 2.83 bits per heavy atom. The first-order valence-corrected chi connectivity index (χ1v) is 8.61.